The average molecular weight is 216 g/mol. The van der Waals surface area contributed by atoms with Crippen LogP contribution in [0.15, 0.2) is 36.5 Å². The minimum absolute atomic E-state index is 0.326. The van der Waals surface area contributed by atoms with E-state index in [1.807, 2.05) is 31.2 Å². The van der Waals surface area contributed by atoms with Crippen molar-refractivity contribution in [1.82, 2.24) is 4.90 Å². The summed E-state index contributed by atoms with van der Waals surface area (Å²) in [4.78, 5) is 2.27. The fourth-order valence-corrected chi connectivity index (χ4v) is 2.09. The molecule has 0 unspecified atom stereocenters. The number of nitriles is 1. The van der Waals surface area contributed by atoms with Gasteiger partial charge in [0.05, 0.1) is 11.5 Å². The van der Waals surface area contributed by atoms with Gasteiger partial charge in [-0.25, -0.2) is 0 Å². The van der Waals surface area contributed by atoms with E-state index in [2.05, 4.69) is 24.6 Å². The van der Waals surface area contributed by atoms with Crippen molar-refractivity contribution in [3.8, 4) is 6.07 Å². The summed E-state index contributed by atoms with van der Waals surface area (Å²) in [6.45, 7) is 7.77. The van der Waals surface area contributed by atoms with Crippen LogP contribution < -0.4 is 0 Å². The molecular formula is C14H20N2. The lowest BCUT2D eigenvalue weighted by molar-refractivity contribution is 0.200. The molecule has 1 aliphatic heterocycles. The van der Waals surface area contributed by atoms with Gasteiger partial charge in [-0.3, -0.25) is 0 Å². The molecule has 0 aliphatic carbocycles. The van der Waals surface area contributed by atoms with E-state index in [-0.39, 0.29) is 5.41 Å². The van der Waals surface area contributed by atoms with Crippen LogP contribution in [0.3, 0.4) is 0 Å². The number of hydrogen-bond donors (Lipinski definition) is 0. The van der Waals surface area contributed by atoms with E-state index in [0.717, 1.165) is 31.5 Å². The summed E-state index contributed by atoms with van der Waals surface area (Å²) in [5, 5.41) is 9.45. The molecule has 0 spiro atoms. The highest BCUT2D eigenvalue weighted by Gasteiger charge is 2.35. The average Bonchev–Trinajstić information content (AvgIpc) is 2.32. The van der Waals surface area contributed by atoms with Gasteiger partial charge in [-0.2, -0.15) is 5.26 Å². The van der Waals surface area contributed by atoms with Gasteiger partial charge >= 0.3 is 0 Å². The van der Waals surface area contributed by atoms with Gasteiger partial charge in [-0.05, 0) is 45.5 Å². The molecule has 0 radical (unpaired) electrons. The highest BCUT2D eigenvalue weighted by atomic mass is 15.1. The molecule has 0 amide bonds. The second-order valence-corrected chi connectivity index (χ2v) is 4.35. The van der Waals surface area contributed by atoms with Crippen LogP contribution in [0.2, 0.25) is 0 Å². The second kappa shape index (κ2) is 5.67. The Bertz CT molecular complexity index is 336. The Morgan fingerprint density at radius 1 is 1.44 bits per heavy atom. The molecule has 0 saturated carbocycles. The summed E-state index contributed by atoms with van der Waals surface area (Å²) < 4.78 is 0. The van der Waals surface area contributed by atoms with Crippen LogP contribution in [0.4, 0.5) is 0 Å². The third-order valence-electron chi connectivity index (χ3n) is 3.30. The van der Waals surface area contributed by atoms with Crippen molar-refractivity contribution in [1.29, 1.82) is 5.26 Å². The normalized spacial score (nSPS) is 21.9. The summed E-state index contributed by atoms with van der Waals surface area (Å²) in [6.07, 6.45) is 9.60. The number of nitrogens with zero attached hydrogens (tertiary/aromatic N) is 2. The molecule has 0 N–H and O–H groups in total. The quantitative estimate of drug-likeness (QED) is 0.678. The summed E-state index contributed by atoms with van der Waals surface area (Å²) in [7, 11) is 2.10. The van der Waals surface area contributed by atoms with Crippen LogP contribution in [0, 0.1) is 16.7 Å². The molecule has 0 aromatic rings. The molecule has 1 heterocycles. The zero-order valence-corrected chi connectivity index (χ0v) is 10.2. The van der Waals surface area contributed by atoms with Crippen molar-refractivity contribution in [2.75, 3.05) is 20.1 Å². The fraction of sp³-hybridized carbons (Fsp3) is 0.500. The Labute approximate surface area is 98.6 Å². The molecule has 1 fully saturated rings. The van der Waals surface area contributed by atoms with Crippen molar-refractivity contribution < 1.29 is 0 Å². The molecule has 0 bridgehead atoms. The van der Waals surface area contributed by atoms with Crippen molar-refractivity contribution in [2.45, 2.75) is 19.8 Å². The minimum atomic E-state index is -0.326. The van der Waals surface area contributed by atoms with Gasteiger partial charge in [0.1, 0.15) is 0 Å². The van der Waals surface area contributed by atoms with Crippen molar-refractivity contribution in [2.24, 2.45) is 5.41 Å². The number of allylic oxidation sites excluding steroid dienone is 5. The standard InChI is InChI=1S/C14H20N2/c1-4-6-7-13(5-2)14(12-15)8-10-16(3)11-9-14/h4-7H,2,8-11H2,1,3H3/b6-4-,13-7+. The van der Waals surface area contributed by atoms with Gasteiger partial charge in [0.25, 0.3) is 0 Å². The van der Waals surface area contributed by atoms with E-state index >= 15 is 0 Å². The maximum Gasteiger partial charge on any atom is 0.0846 e. The lowest BCUT2D eigenvalue weighted by Gasteiger charge is -2.36. The fourth-order valence-electron chi connectivity index (χ4n) is 2.09. The Morgan fingerprint density at radius 2 is 2.06 bits per heavy atom. The van der Waals surface area contributed by atoms with E-state index in [1.165, 1.54) is 0 Å². The van der Waals surface area contributed by atoms with E-state index in [9.17, 15) is 5.26 Å². The SMILES string of the molecule is C=C/C(=C\C=C/C)C1(C#N)CCN(C)CC1. The summed E-state index contributed by atoms with van der Waals surface area (Å²) >= 11 is 0. The summed E-state index contributed by atoms with van der Waals surface area (Å²) in [5.74, 6) is 0. The Kier molecular flexibility index (Phi) is 4.52. The van der Waals surface area contributed by atoms with E-state index in [4.69, 9.17) is 0 Å². The summed E-state index contributed by atoms with van der Waals surface area (Å²) in [6, 6.07) is 2.50. The molecule has 16 heavy (non-hydrogen) atoms. The largest absolute Gasteiger partial charge is 0.306 e. The molecule has 86 valence electrons. The topological polar surface area (TPSA) is 27.0 Å². The van der Waals surface area contributed by atoms with Crippen LogP contribution in [-0.2, 0) is 0 Å². The second-order valence-electron chi connectivity index (χ2n) is 4.35. The maximum atomic E-state index is 9.45. The molecule has 1 aliphatic rings. The first-order valence-electron chi connectivity index (χ1n) is 5.74. The number of hydrogen-bond acceptors (Lipinski definition) is 2. The molecule has 2 nitrogen and oxygen atoms in total. The van der Waals surface area contributed by atoms with Crippen LogP contribution in [0.5, 0.6) is 0 Å². The van der Waals surface area contributed by atoms with Crippen LogP contribution in [0.1, 0.15) is 19.8 Å². The first kappa shape index (κ1) is 12.7. The molecule has 2 heteroatoms. The Hall–Kier alpha value is -1.33. The van der Waals surface area contributed by atoms with Crippen LogP contribution >= 0.6 is 0 Å². The summed E-state index contributed by atoms with van der Waals surface area (Å²) in [5.41, 5.74) is 0.731. The highest BCUT2D eigenvalue weighted by Crippen LogP contribution is 2.38. The third-order valence-corrected chi connectivity index (χ3v) is 3.30. The van der Waals surface area contributed by atoms with Gasteiger partial charge in [0, 0.05) is 0 Å². The van der Waals surface area contributed by atoms with Crippen LogP contribution in [0.25, 0.3) is 0 Å². The molecule has 1 rings (SSSR count). The zero-order chi connectivity index (χ0) is 12.0. The smallest absolute Gasteiger partial charge is 0.0846 e. The Balaban J connectivity index is 2.95. The Morgan fingerprint density at radius 3 is 2.50 bits per heavy atom. The van der Waals surface area contributed by atoms with Crippen LogP contribution in [-0.4, -0.2) is 25.0 Å². The van der Waals surface area contributed by atoms with Crippen molar-refractivity contribution >= 4 is 0 Å². The molecule has 0 atom stereocenters. The van der Waals surface area contributed by atoms with Gasteiger partial charge < -0.3 is 4.90 Å². The third kappa shape index (κ3) is 2.62. The predicted molar refractivity (Wildman–Crippen MR) is 67.9 cm³/mol. The first-order valence-corrected chi connectivity index (χ1v) is 5.74. The van der Waals surface area contributed by atoms with Crippen molar-refractivity contribution in [3.63, 3.8) is 0 Å². The van der Waals surface area contributed by atoms with Gasteiger partial charge in [-0.15, -0.1) is 0 Å². The number of piperidine rings is 1. The minimum Gasteiger partial charge on any atom is -0.306 e. The molecular weight excluding hydrogens is 196 g/mol. The predicted octanol–water partition coefficient (Wildman–Crippen LogP) is 2.91. The van der Waals surface area contributed by atoms with Crippen molar-refractivity contribution in [3.05, 3.63) is 36.5 Å². The van der Waals surface area contributed by atoms with Gasteiger partial charge in [-0.1, -0.05) is 30.9 Å². The van der Waals surface area contributed by atoms with E-state index in [0.29, 0.717) is 0 Å². The number of likely N-dealkylation sites (tertiary alicyclic amines) is 1. The van der Waals surface area contributed by atoms with Gasteiger partial charge in [0.15, 0.2) is 0 Å². The maximum absolute atomic E-state index is 9.45. The monoisotopic (exact) mass is 216 g/mol. The molecule has 0 aromatic carbocycles. The number of rotatable bonds is 3. The lowest BCUT2D eigenvalue weighted by atomic mass is 9.73. The van der Waals surface area contributed by atoms with E-state index in [1.54, 1.807) is 0 Å². The molecule has 0 aromatic heterocycles. The lowest BCUT2D eigenvalue weighted by Crippen LogP contribution is -2.38. The zero-order valence-electron chi connectivity index (χ0n) is 10.2. The molecule has 1 saturated heterocycles. The highest BCUT2D eigenvalue weighted by molar-refractivity contribution is 5.35. The van der Waals surface area contributed by atoms with E-state index < -0.39 is 0 Å². The first-order chi connectivity index (χ1) is 7.68. The van der Waals surface area contributed by atoms with Gasteiger partial charge in [0.2, 0.25) is 0 Å².